The maximum atomic E-state index is 5.90. The third-order valence-corrected chi connectivity index (χ3v) is 3.82. The van der Waals surface area contributed by atoms with Crippen LogP contribution >= 0.6 is 11.6 Å². The fraction of sp³-hybridized carbons (Fsp3) is 0.333. The molecule has 2 aromatic rings. The van der Waals surface area contributed by atoms with Crippen molar-refractivity contribution < 1.29 is 0 Å². The van der Waals surface area contributed by atoms with Gasteiger partial charge in [-0.1, -0.05) is 30.3 Å². The van der Waals surface area contributed by atoms with E-state index in [-0.39, 0.29) is 5.41 Å². The smallest absolute Gasteiger partial charge is 0.139 e. The zero-order valence-electron chi connectivity index (χ0n) is 10.4. The molecule has 0 saturated heterocycles. The van der Waals surface area contributed by atoms with E-state index in [1.807, 2.05) is 19.1 Å². The van der Waals surface area contributed by atoms with E-state index in [1.54, 1.807) is 0 Å². The highest BCUT2D eigenvalue weighted by atomic mass is 35.5. The molecule has 1 aliphatic carbocycles. The molecule has 0 spiro atoms. The summed E-state index contributed by atoms with van der Waals surface area (Å²) in [4.78, 5) is 9.24. The second-order valence-electron chi connectivity index (χ2n) is 4.91. The minimum atomic E-state index is 0.0358. The molecule has 1 saturated carbocycles. The number of hydrogen-bond donors (Lipinski definition) is 0. The third kappa shape index (κ3) is 1.91. The van der Waals surface area contributed by atoms with Gasteiger partial charge in [0.1, 0.15) is 5.82 Å². The molecule has 18 heavy (non-hydrogen) atoms. The highest BCUT2D eigenvalue weighted by Crippen LogP contribution is 2.52. The SMILES string of the molecule is Cc1cc(CCl)nc(C2(c3ccccc3)CC2)n1. The van der Waals surface area contributed by atoms with Crippen LogP contribution in [0.1, 0.15) is 35.6 Å². The van der Waals surface area contributed by atoms with Gasteiger partial charge in [-0.15, -0.1) is 11.6 Å². The standard InChI is InChI=1S/C15H15ClN2/c1-11-9-13(10-16)18-14(17-11)15(7-8-15)12-5-3-2-4-6-12/h2-6,9H,7-8,10H2,1H3. The van der Waals surface area contributed by atoms with Gasteiger partial charge in [0, 0.05) is 5.69 Å². The van der Waals surface area contributed by atoms with Gasteiger partial charge in [-0.3, -0.25) is 0 Å². The average molecular weight is 259 g/mol. The topological polar surface area (TPSA) is 25.8 Å². The summed E-state index contributed by atoms with van der Waals surface area (Å²) in [5.74, 6) is 1.38. The van der Waals surface area contributed by atoms with Crippen LogP contribution in [0.5, 0.6) is 0 Å². The maximum Gasteiger partial charge on any atom is 0.139 e. The van der Waals surface area contributed by atoms with Crippen LogP contribution in [0.4, 0.5) is 0 Å². The summed E-state index contributed by atoms with van der Waals surface area (Å²) >= 11 is 5.90. The predicted octanol–water partition coefficient (Wildman–Crippen LogP) is 3.60. The van der Waals surface area contributed by atoms with Crippen LogP contribution in [0.3, 0.4) is 0 Å². The molecule has 1 aliphatic rings. The Hall–Kier alpha value is -1.41. The Bertz CT molecular complexity index is 562. The summed E-state index contributed by atoms with van der Waals surface area (Å²) in [6, 6.07) is 12.5. The van der Waals surface area contributed by atoms with Gasteiger partial charge >= 0.3 is 0 Å². The first-order valence-electron chi connectivity index (χ1n) is 6.21. The fourth-order valence-electron chi connectivity index (χ4n) is 2.44. The highest BCUT2D eigenvalue weighted by Gasteiger charge is 2.48. The van der Waals surface area contributed by atoms with Crippen LogP contribution in [0, 0.1) is 6.92 Å². The van der Waals surface area contributed by atoms with E-state index < -0.39 is 0 Å². The van der Waals surface area contributed by atoms with Crippen molar-refractivity contribution in [2.75, 3.05) is 0 Å². The van der Waals surface area contributed by atoms with Crippen molar-refractivity contribution >= 4 is 11.6 Å². The molecule has 3 heteroatoms. The second kappa shape index (κ2) is 4.36. The molecule has 0 aliphatic heterocycles. The zero-order chi connectivity index (χ0) is 12.6. The van der Waals surface area contributed by atoms with E-state index in [0.29, 0.717) is 5.88 Å². The minimum absolute atomic E-state index is 0.0358. The lowest BCUT2D eigenvalue weighted by Gasteiger charge is -2.15. The fourth-order valence-corrected chi connectivity index (χ4v) is 2.58. The van der Waals surface area contributed by atoms with Crippen molar-refractivity contribution in [2.45, 2.75) is 31.1 Å². The van der Waals surface area contributed by atoms with Gasteiger partial charge in [-0.05, 0) is 31.4 Å². The molecule has 0 amide bonds. The summed E-state index contributed by atoms with van der Waals surface area (Å²) in [5, 5.41) is 0. The normalized spacial score (nSPS) is 16.6. The maximum absolute atomic E-state index is 5.90. The van der Waals surface area contributed by atoms with Crippen molar-refractivity contribution in [3.63, 3.8) is 0 Å². The van der Waals surface area contributed by atoms with Crippen molar-refractivity contribution in [3.8, 4) is 0 Å². The first-order chi connectivity index (χ1) is 8.74. The Balaban J connectivity index is 2.07. The second-order valence-corrected chi connectivity index (χ2v) is 5.17. The number of aromatic nitrogens is 2. The molecule has 1 aromatic heterocycles. The third-order valence-electron chi connectivity index (χ3n) is 3.55. The van der Waals surface area contributed by atoms with Crippen molar-refractivity contribution in [1.82, 2.24) is 9.97 Å². The molecule has 1 aromatic carbocycles. The summed E-state index contributed by atoms with van der Waals surface area (Å²) in [5.41, 5.74) is 3.27. The van der Waals surface area contributed by atoms with E-state index in [1.165, 1.54) is 5.56 Å². The van der Waals surface area contributed by atoms with Crippen molar-refractivity contribution in [2.24, 2.45) is 0 Å². The summed E-state index contributed by atoms with van der Waals surface area (Å²) in [6.07, 6.45) is 2.25. The molecule has 0 N–H and O–H groups in total. The summed E-state index contributed by atoms with van der Waals surface area (Å²) < 4.78 is 0. The molecule has 0 atom stereocenters. The van der Waals surface area contributed by atoms with Gasteiger partial charge < -0.3 is 0 Å². The molecule has 1 fully saturated rings. The van der Waals surface area contributed by atoms with Gasteiger partial charge in [0.05, 0.1) is 17.0 Å². The van der Waals surface area contributed by atoms with Gasteiger partial charge in [-0.2, -0.15) is 0 Å². The Morgan fingerprint density at radius 2 is 1.89 bits per heavy atom. The average Bonchev–Trinajstić information content (AvgIpc) is 3.20. The monoisotopic (exact) mass is 258 g/mol. The number of nitrogens with zero attached hydrogens (tertiary/aromatic N) is 2. The Labute approximate surface area is 112 Å². The van der Waals surface area contributed by atoms with Gasteiger partial charge in [0.25, 0.3) is 0 Å². The Morgan fingerprint density at radius 1 is 1.17 bits per heavy atom. The summed E-state index contributed by atoms with van der Waals surface area (Å²) in [6.45, 7) is 2.00. The minimum Gasteiger partial charge on any atom is -0.237 e. The van der Waals surface area contributed by atoms with Gasteiger partial charge in [-0.25, -0.2) is 9.97 Å². The van der Waals surface area contributed by atoms with Crippen LogP contribution in [-0.4, -0.2) is 9.97 Å². The Morgan fingerprint density at radius 3 is 2.50 bits per heavy atom. The first-order valence-corrected chi connectivity index (χ1v) is 6.74. The number of benzene rings is 1. The largest absolute Gasteiger partial charge is 0.237 e. The van der Waals surface area contributed by atoms with Crippen LogP contribution in [0.2, 0.25) is 0 Å². The highest BCUT2D eigenvalue weighted by molar-refractivity contribution is 6.16. The molecular weight excluding hydrogens is 244 g/mol. The molecule has 1 heterocycles. The van der Waals surface area contributed by atoms with E-state index in [2.05, 4.69) is 34.2 Å². The number of alkyl halides is 1. The summed E-state index contributed by atoms with van der Waals surface area (Å²) in [7, 11) is 0. The predicted molar refractivity (Wildman–Crippen MR) is 72.8 cm³/mol. The van der Waals surface area contributed by atoms with E-state index in [0.717, 1.165) is 30.1 Å². The van der Waals surface area contributed by atoms with Crippen LogP contribution in [0.25, 0.3) is 0 Å². The van der Waals surface area contributed by atoms with Crippen LogP contribution in [0.15, 0.2) is 36.4 Å². The number of aryl methyl sites for hydroxylation is 1. The molecule has 0 radical (unpaired) electrons. The molecular formula is C15H15ClN2. The lowest BCUT2D eigenvalue weighted by Crippen LogP contribution is -2.15. The van der Waals surface area contributed by atoms with E-state index in [4.69, 9.17) is 11.6 Å². The van der Waals surface area contributed by atoms with E-state index in [9.17, 15) is 0 Å². The van der Waals surface area contributed by atoms with Crippen molar-refractivity contribution in [3.05, 3.63) is 59.2 Å². The quantitative estimate of drug-likeness (QED) is 0.786. The molecule has 2 nitrogen and oxygen atoms in total. The van der Waals surface area contributed by atoms with Gasteiger partial charge in [0.2, 0.25) is 0 Å². The Kier molecular flexibility index (Phi) is 2.83. The first kappa shape index (κ1) is 11.7. The number of rotatable bonds is 3. The lowest BCUT2D eigenvalue weighted by molar-refractivity contribution is 0.738. The zero-order valence-corrected chi connectivity index (χ0v) is 11.1. The molecule has 0 bridgehead atoms. The molecule has 0 unspecified atom stereocenters. The number of hydrogen-bond acceptors (Lipinski definition) is 2. The van der Waals surface area contributed by atoms with Crippen LogP contribution < -0.4 is 0 Å². The number of halogens is 1. The van der Waals surface area contributed by atoms with Gasteiger partial charge in [0.15, 0.2) is 0 Å². The molecule has 92 valence electrons. The van der Waals surface area contributed by atoms with E-state index >= 15 is 0 Å². The van der Waals surface area contributed by atoms with Crippen molar-refractivity contribution in [1.29, 1.82) is 0 Å². The van der Waals surface area contributed by atoms with Crippen LogP contribution in [-0.2, 0) is 11.3 Å². The lowest BCUT2D eigenvalue weighted by atomic mass is 9.95. The molecule has 3 rings (SSSR count).